The fraction of sp³-hybridized carbons (Fsp3) is 0.571. The molecule has 3 heteroatoms. The van der Waals surface area contributed by atoms with Gasteiger partial charge >= 0.3 is 0 Å². The van der Waals surface area contributed by atoms with E-state index >= 15 is 0 Å². The van der Waals surface area contributed by atoms with Gasteiger partial charge in [-0.25, -0.2) is 0 Å². The third-order valence-corrected chi connectivity index (χ3v) is 1.96. The van der Waals surface area contributed by atoms with Crippen LogP contribution in [0.5, 0.6) is 0 Å². The predicted octanol–water partition coefficient (Wildman–Crippen LogP) is 1.88. The maximum absolute atomic E-state index is 4.50. The van der Waals surface area contributed by atoms with Crippen LogP contribution >= 0.6 is 11.8 Å². The molecule has 0 aromatic rings. The summed E-state index contributed by atoms with van der Waals surface area (Å²) in [6, 6.07) is 0. The van der Waals surface area contributed by atoms with Crippen LogP contribution in [0.3, 0.4) is 0 Å². The fourth-order valence-electron chi connectivity index (χ4n) is 0.259. The van der Waals surface area contributed by atoms with Gasteiger partial charge in [0.25, 0.3) is 0 Å². The number of hydrogen-bond acceptors (Lipinski definition) is 3. The normalized spacial score (nSPS) is 10.9. The molecule has 0 spiro atoms. The van der Waals surface area contributed by atoms with Gasteiger partial charge in [0, 0.05) is 10.6 Å². The van der Waals surface area contributed by atoms with Crippen molar-refractivity contribution in [2.75, 3.05) is 13.3 Å². The molecule has 2 N–H and O–H groups in total. The highest BCUT2D eigenvalue weighted by atomic mass is 32.2. The van der Waals surface area contributed by atoms with Gasteiger partial charge in [0.15, 0.2) is 0 Å². The summed E-state index contributed by atoms with van der Waals surface area (Å²) in [4.78, 5) is 5.00. The number of aliphatic imine (C=N–C) groups is 1. The predicted molar refractivity (Wildman–Crippen MR) is 51.5 cm³/mol. The van der Waals surface area contributed by atoms with E-state index in [1.807, 2.05) is 20.1 Å². The Hall–Kier alpha value is -0.280. The zero-order valence-corrected chi connectivity index (χ0v) is 7.96. The van der Waals surface area contributed by atoms with Crippen molar-refractivity contribution in [1.29, 1.82) is 0 Å². The molecule has 0 saturated carbocycles. The van der Waals surface area contributed by atoms with E-state index < -0.39 is 0 Å². The van der Waals surface area contributed by atoms with E-state index in [-0.39, 0.29) is 0 Å². The van der Waals surface area contributed by atoms with Gasteiger partial charge in [-0.15, -0.1) is 11.8 Å². The number of nitrogens with zero attached hydrogens (tertiary/aromatic N) is 1. The first kappa shape index (κ1) is 12.4. The van der Waals surface area contributed by atoms with Gasteiger partial charge in [0.1, 0.15) is 0 Å². The van der Waals surface area contributed by atoms with Crippen LogP contribution < -0.4 is 5.73 Å². The number of rotatable bonds is 2. The zero-order chi connectivity index (χ0) is 8.57. The first-order valence-electron chi connectivity index (χ1n) is 2.98. The van der Waals surface area contributed by atoms with Gasteiger partial charge in [0.05, 0.1) is 0 Å². The highest BCUT2D eigenvalue weighted by Gasteiger charge is 1.87. The zero-order valence-electron chi connectivity index (χ0n) is 7.14. The van der Waals surface area contributed by atoms with Crippen LogP contribution in [0.1, 0.15) is 13.8 Å². The molecule has 60 valence electrons. The molecule has 0 aliphatic carbocycles. The summed E-state index contributed by atoms with van der Waals surface area (Å²) in [6.45, 7) is 7.40. The van der Waals surface area contributed by atoms with Crippen molar-refractivity contribution in [3.8, 4) is 0 Å². The molecule has 0 aromatic carbocycles. The van der Waals surface area contributed by atoms with E-state index in [9.17, 15) is 0 Å². The maximum Gasteiger partial charge on any atom is 0.0457 e. The summed E-state index contributed by atoms with van der Waals surface area (Å²) in [5, 5.41) is 0. The van der Waals surface area contributed by atoms with E-state index in [0.717, 1.165) is 5.70 Å². The minimum atomic E-state index is 1.03. The van der Waals surface area contributed by atoms with Gasteiger partial charge in [-0.1, -0.05) is 0 Å². The van der Waals surface area contributed by atoms with Crippen LogP contribution in [0.15, 0.2) is 15.6 Å². The van der Waals surface area contributed by atoms with Gasteiger partial charge in [-0.2, -0.15) is 0 Å². The molecule has 0 rings (SSSR count). The second-order valence-electron chi connectivity index (χ2n) is 1.50. The summed E-state index contributed by atoms with van der Waals surface area (Å²) >= 11 is 1.70. The quantitative estimate of drug-likeness (QED) is 0.626. The van der Waals surface area contributed by atoms with Crippen molar-refractivity contribution in [3.63, 3.8) is 0 Å². The van der Waals surface area contributed by atoms with E-state index in [1.165, 1.54) is 12.0 Å². The summed E-state index contributed by atoms with van der Waals surface area (Å²) in [6.07, 6.45) is 2.03. The lowest BCUT2D eigenvalue weighted by atomic mass is 10.5. The Bertz CT molecular complexity index is 119. The lowest BCUT2D eigenvalue weighted by Gasteiger charge is -1.94. The molecule has 0 unspecified atom stereocenters. The monoisotopic (exact) mass is 160 g/mol. The highest BCUT2D eigenvalue weighted by Crippen LogP contribution is 2.14. The first-order valence-corrected chi connectivity index (χ1v) is 4.20. The summed E-state index contributed by atoms with van der Waals surface area (Å²) < 4.78 is 0. The molecule has 0 heterocycles. The molecule has 0 aliphatic rings. The van der Waals surface area contributed by atoms with E-state index in [0.29, 0.717) is 0 Å². The standard InChI is InChI=1S/C6H11NS.CH5N/c1-5(7-3)6(2)8-4;1-2/h3H2,1-2,4H3;2H2,1H3/b6-5-;. The van der Waals surface area contributed by atoms with Crippen molar-refractivity contribution < 1.29 is 0 Å². The van der Waals surface area contributed by atoms with Crippen molar-refractivity contribution >= 4 is 18.5 Å². The molecule has 0 radical (unpaired) electrons. The van der Waals surface area contributed by atoms with E-state index in [2.05, 4.69) is 17.4 Å². The molecular weight excluding hydrogens is 144 g/mol. The SMILES string of the molecule is C=N/C(C)=C(/C)SC.CN. The van der Waals surface area contributed by atoms with Crippen molar-refractivity contribution in [2.45, 2.75) is 13.8 Å². The summed E-state index contributed by atoms with van der Waals surface area (Å²) in [5.41, 5.74) is 5.53. The van der Waals surface area contributed by atoms with Crippen LogP contribution in [0.2, 0.25) is 0 Å². The minimum Gasteiger partial charge on any atom is -0.333 e. The molecule has 0 saturated heterocycles. The third-order valence-electron chi connectivity index (χ3n) is 1.05. The van der Waals surface area contributed by atoms with Crippen LogP contribution in [-0.4, -0.2) is 20.0 Å². The third kappa shape index (κ3) is 5.85. The minimum absolute atomic E-state index is 1.03. The molecule has 0 fully saturated rings. The molecule has 0 bridgehead atoms. The molecule has 0 aromatic heterocycles. The van der Waals surface area contributed by atoms with Crippen LogP contribution in [0, 0.1) is 0 Å². The number of hydrogen-bond donors (Lipinski definition) is 1. The number of allylic oxidation sites excluding steroid dienone is 2. The van der Waals surface area contributed by atoms with E-state index in [4.69, 9.17) is 0 Å². The van der Waals surface area contributed by atoms with Gasteiger partial charge in [-0.3, -0.25) is 4.99 Å². The van der Waals surface area contributed by atoms with Crippen molar-refractivity contribution in [3.05, 3.63) is 10.6 Å². The topological polar surface area (TPSA) is 38.4 Å². The molecule has 0 aliphatic heterocycles. The Morgan fingerprint density at radius 1 is 1.40 bits per heavy atom. The summed E-state index contributed by atoms with van der Waals surface area (Å²) in [5.74, 6) is 0. The fourth-order valence-corrected chi connectivity index (χ4v) is 0.619. The lowest BCUT2D eigenvalue weighted by Crippen LogP contribution is -1.71. The number of thioether (sulfide) groups is 1. The molecule has 0 atom stereocenters. The molecular formula is C7H16N2S. The smallest absolute Gasteiger partial charge is 0.0457 e. The largest absolute Gasteiger partial charge is 0.333 e. The Morgan fingerprint density at radius 2 is 1.80 bits per heavy atom. The van der Waals surface area contributed by atoms with Gasteiger partial charge < -0.3 is 5.73 Å². The van der Waals surface area contributed by atoms with Gasteiger partial charge in [0.2, 0.25) is 0 Å². The Labute approximate surface area is 67.6 Å². The average Bonchev–Trinajstić information content (AvgIpc) is 2.05. The first-order chi connectivity index (χ1) is 4.72. The number of nitrogens with two attached hydrogens (primary N) is 1. The molecule has 0 amide bonds. The van der Waals surface area contributed by atoms with Crippen molar-refractivity contribution in [2.24, 2.45) is 10.7 Å². The van der Waals surface area contributed by atoms with Crippen LogP contribution in [-0.2, 0) is 0 Å². The Kier molecular flexibility index (Phi) is 10.8. The van der Waals surface area contributed by atoms with Crippen LogP contribution in [0.4, 0.5) is 0 Å². The highest BCUT2D eigenvalue weighted by molar-refractivity contribution is 8.02. The van der Waals surface area contributed by atoms with E-state index in [1.54, 1.807) is 11.8 Å². The van der Waals surface area contributed by atoms with Crippen LogP contribution in [0.25, 0.3) is 0 Å². The lowest BCUT2D eigenvalue weighted by molar-refractivity contribution is 1.29. The maximum atomic E-state index is 4.50. The second kappa shape index (κ2) is 8.72. The van der Waals surface area contributed by atoms with Gasteiger partial charge in [-0.05, 0) is 33.9 Å². The van der Waals surface area contributed by atoms with Crippen molar-refractivity contribution in [1.82, 2.24) is 0 Å². The average molecular weight is 160 g/mol. The molecule has 10 heavy (non-hydrogen) atoms. The molecule has 2 nitrogen and oxygen atoms in total. The Balaban J connectivity index is 0. The summed E-state index contributed by atoms with van der Waals surface area (Å²) in [7, 11) is 1.50. The second-order valence-corrected chi connectivity index (χ2v) is 2.52. The Morgan fingerprint density at radius 3 is 1.90 bits per heavy atom.